The van der Waals surface area contributed by atoms with Gasteiger partial charge in [-0.25, -0.2) is 15.8 Å². The average molecular weight is 255 g/mol. The predicted octanol–water partition coefficient (Wildman–Crippen LogP) is 1.68. The van der Waals surface area contributed by atoms with Crippen molar-refractivity contribution in [2.45, 2.75) is 19.8 Å². The Morgan fingerprint density at radius 1 is 1.47 bits per heavy atom. The summed E-state index contributed by atoms with van der Waals surface area (Å²) in [6.45, 7) is 5.19. The molecule has 0 bridgehead atoms. The molecule has 0 aliphatic heterocycles. The van der Waals surface area contributed by atoms with Gasteiger partial charge in [0.1, 0.15) is 18.0 Å². The van der Waals surface area contributed by atoms with Gasteiger partial charge in [-0.05, 0) is 12.2 Å². The molecule has 3 N–H and O–H groups in total. The SMILES string of the molecule is CSCCN(C)c1ncnc(NN)c1C(C)C. The van der Waals surface area contributed by atoms with E-state index in [0.29, 0.717) is 11.7 Å². The molecular weight excluding hydrogens is 234 g/mol. The molecule has 0 aliphatic rings. The van der Waals surface area contributed by atoms with Crippen molar-refractivity contribution in [3.8, 4) is 0 Å². The second kappa shape index (κ2) is 6.66. The average Bonchev–Trinajstić information content (AvgIpc) is 2.34. The van der Waals surface area contributed by atoms with Crippen molar-refractivity contribution in [3.63, 3.8) is 0 Å². The number of hydrazine groups is 1. The Morgan fingerprint density at radius 2 is 2.18 bits per heavy atom. The lowest BCUT2D eigenvalue weighted by Crippen LogP contribution is -2.24. The van der Waals surface area contributed by atoms with E-state index in [2.05, 4.69) is 40.4 Å². The molecule has 1 aromatic rings. The maximum absolute atomic E-state index is 5.49. The molecule has 0 fully saturated rings. The summed E-state index contributed by atoms with van der Waals surface area (Å²) in [5.41, 5.74) is 3.71. The molecule has 5 nitrogen and oxygen atoms in total. The highest BCUT2D eigenvalue weighted by molar-refractivity contribution is 7.98. The van der Waals surface area contributed by atoms with Crippen molar-refractivity contribution < 1.29 is 0 Å². The van der Waals surface area contributed by atoms with Gasteiger partial charge in [0.15, 0.2) is 0 Å². The van der Waals surface area contributed by atoms with Crippen molar-refractivity contribution >= 4 is 23.4 Å². The van der Waals surface area contributed by atoms with Gasteiger partial charge in [-0.15, -0.1) is 0 Å². The molecule has 1 heterocycles. The lowest BCUT2D eigenvalue weighted by molar-refractivity contribution is 0.821. The van der Waals surface area contributed by atoms with E-state index >= 15 is 0 Å². The molecule has 0 unspecified atom stereocenters. The molecule has 96 valence electrons. The van der Waals surface area contributed by atoms with Gasteiger partial charge in [0.05, 0.1) is 0 Å². The molecule has 0 radical (unpaired) electrons. The summed E-state index contributed by atoms with van der Waals surface area (Å²) >= 11 is 1.82. The smallest absolute Gasteiger partial charge is 0.148 e. The molecule has 0 amide bonds. The quantitative estimate of drug-likeness (QED) is 0.595. The number of anilines is 2. The van der Waals surface area contributed by atoms with Crippen molar-refractivity contribution in [2.24, 2.45) is 5.84 Å². The second-order valence-corrected chi connectivity index (χ2v) is 5.16. The summed E-state index contributed by atoms with van der Waals surface area (Å²) in [6, 6.07) is 0. The summed E-state index contributed by atoms with van der Waals surface area (Å²) in [5, 5.41) is 0. The third-order valence-electron chi connectivity index (χ3n) is 2.57. The maximum atomic E-state index is 5.49. The molecule has 1 aromatic heterocycles. The van der Waals surface area contributed by atoms with Gasteiger partial charge in [0, 0.05) is 24.9 Å². The van der Waals surface area contributed by atoms with E-state index in [4.69, 9.17) is 5.84 Å². The van der Waals surface area contributed by atoms with Crippen LogP contribution in [0.4, 0.5) is 11.6 Å². The van der Waals surface area contributed by atoms with Gasteiger partial charge < -0.3 is 10.3 Å². The number of nitrogens with zero attached hydrogens (tertiary/aromatic N) is 3. The number of aromatic nitrogens is 2. The van der Waals surface area contributed by atoms with Gasteiger partial charge in [-0.3, -0.25) is 0 Å². The van der Waals surface area contributed by atoms with Crippen molar-refractivity contribution in [2.75, 3.05) is 35.9 Å². The van der Waals surface area contributed by atoms with Crippen LogP contribution in [0.3, 0.4) is 0 Å². The minimum atomic E-state index is 0.328. The lowest BCUT2D eigenvalue weighted by Gasteiger charge is -2.23. The maximum Gasteiger partial charge on any atom is 0.148 e. The minimum absolute atomic E-state index is 0.328. The minimum Gasteiger partial charge on any atom is -0.358 e. The third-order valence-corrected chi connectivity index (χ3v) is 3.16. The highest BCUT2D eigenvalue weighted by Gasteiger charge is 2.16. The number of nitrogens with two attached hydrogens (primary N) is 1. The number of nitrogens with one attached hydrogen (secondary N) is 1. The standard InChI is InChI=1S/C11H21N5S/c1-8(2)9-10(15-12)13-7-14-11(9)16(3)5-6-17-4/h7-8H,5-6,12H2,1-4H3,(H,13,14,15). The van der Waals surface area contributed by atoms with Crippen LogP contribution in [0.2, 0.25) is 0 Å². The highest BCUT2D eigenvalue weighted by atomic mass is 32.2. The van der Waals surface area contributed by atoms with Crippen molar-refractivity contribution in [3.05, 3.63) is 11.9 Å². The number of rotatable bonds is 6. The van der Waals surface area contributed by atoms with Crippen molar-refractivity contribution in [1.82, 2.24) is 9.97 Å². The summed E-state index contributed by atoms with van der Waals surface area (Å²) < 4.78 is 0. The summed E-state index contributed by atoms with van der Waals surface area (Å²) in [4.78, 5) is 10.7. The van der Waals surface area contributed by atoms with Crippen LogP contribution in [0.1, 0.15) is 25.3 Å². The molecule has 1 rings (SSSR count). The fraction of sp³-hybridized carbons (Fsp3) is 0.636. The van der Waals surface area contributed by atoms with E-state index in [1.807, 2.05) is 18.8 Å². The fourth-order valence-corrected chi connectivity index (χ4v) is 2.13. The van der Waals surface area contributed by atoms with Crippen LogP contribution in [-0.2, 0) is 0 Å². The Morgan fingerprint density at radius 3 is 2.71 bits per heavy atom. The number of hydrogen-bond acceptors (Lipinski definition) is 6. The molecule has 6 heteroatoms. The monoisotopic (exact) mass is 255 g/mol. The zero-order valence-corrected chi connectivity index (χ0v) is 11.7. The first-order chi connectivity index (χ1) is 8.11. The molecule has 0 saturated heterocycles. The number of hydrogen-bond donors (Lipinski definition) is 2. The van der Waals surface area contributed by atoms with Crippen LogP contribution in [0.5, 0.6) is 0 Å². The predicted molar refractivity (Wildman–Crippen MR) is 75.6 cm³/mol. The molecular formula is C11H21N5S. The van der Waals surface area contributed by atoms with Crippen LogP contribution in [0.25, 0.3) is 0 Å². The van der Waals surface area contributed by atoms with E-state index < -0.39 is 0 Å². The Balaban J connectivity index is 3.05. The van der Waals surface area contributed by atoms with E-state index in [0.717, 1.165) is 23.7 Å². The molecule has 0 spiro atoms. The molecule has 0 aromatic carbocycles. The van der Waals surface area contributed by atoms with Crippen LogP contribution in [0.15, 0.2) is 6.33 Å². The van der Waals surface area contributed by atoms with Crippen molar-refractivity contribution in [1.29, 1.82) is 0 Å². The van der Waals surface area contributed by atoms with Gasteiger partial charge in [0.25, 0.3) is 0 Å². The van der Waals surface area contributed by atoms with E-state index in [9.17, 15) is 0 Å². The van der Waals surface area contributed by atoms with E-state index in [1.54, 1.807) is 6.33 Å². The van der Waals surface area contributed by atoms with E-state index in [1.165, 1.54) is 0 Å². The second-order valence-electron chi connectivity index (χ2n) is 4.17. The van der Waals surface area contributed by atoms with Gasteiger partial charge in [0.2, 0.25) is 0 Å². The van der Waals surface area contributed by atoms with Gasteiger partial charge in [-0.1, -0.05) is 13.8 Å². The number of thioether (sulfide) groups is 1. The summed E-state index contributed by atoms with van der Waals surface area (Å²) in [7, 11) is 2.05. The van der Waals surface area contributed by atoms with Gasteiger partial charge in [-0.2, -0.15) is 11.8 Å². The Bertz CT molecular complexity index is 356. The highest BCUT2D eigenvalue weighted by Crippen LogP contribution is 2.29. The Kier molecular flexibility index (Phi) is 5.50. The molecule has 0 saturated carbocycles. The van der Waals surface area contributed by atoms with Crippen LogP contribution < -0.4 is 16.2 Å². The normalized spacial score (nSPS) is 10.7. The first-order valence-electron chi connectivity index (χ1n) is 5.63. The summed E-state index contributed by atoms with van der Waals surface area (Å²) in [6.07, 6.45) is 3.65. The van der Waals surface area contributed by atoms with Crippen LogP contribution in [0, 0.1) is 0 Å². The first kappa shape index (κ1) is 14.1. The molecule has 17 heavy (non-hydrogen) atoms. The van der Waals surface area contributed by atoms with E-state index in [-0.39, 0.29) is 0 Å². The zero-order valence-electron chi connectivity index (χ0n) is 10.9. The number of nitrogen functional groups attached to an aromatic ring is 1. The Labute approximate surface area is 107 Å². The first-order valence-corrected chi connectivity index (χ1v) is 7.02. The van der Waals surface area contributed by atoms with Crippen LogP contribution in [-0.4, -0.2) is 35.6 Å². The summed E-state index contributed by atoms with van der Waals surface area (Å²) in [5.74, 6) is 8.56. The van der Waals surface area contributed by atoms with Gasteiger partial charge >= 0.3 is 0 Å². The van der Waals surface area contributed by atoms with Crippen LogP contribution >= 0.6 is 11.8 Å². The Hall–Kier alpha value is -1.01. The fourth-order valence-electron chi connectivity index (χ4n) is 1.67. The lowest BCUT2D eigenvalue weighted by atomic mass is 10.0. The largest absolute Gasteiger partial charge is 0.358 e. The molecule has 0 atom stereocenters. The zero-order chi connectivity index (χ0) is 12.8. The molecule has 0 aliphatic carbocycles. The topological polar surface area (TPSA) is 67.1 Å². The third kappa shape index (κ3) is 3.47.